The number of carbonyl (C=O) groups excluding carboxylic acids is 1. The molecule has 0 spiro atoms. The summed E-state index contributed by atoms with van der Waals surface area (Å²) in [5.41, 5.74) is 7.71. The molecule has 2 aromatic carbocycles. The quantitative estimate of drug-likeness (QED) is 0.857. The molecule has 5 heteroatoms. The van der Waals surface area contributed by atoms with E-state index >= 15 is 0 Å². The molecule has 0 aliphatic carbocycles. The van der Waals surface area contributed by atoms with E-state index in [1.807, 2.05) is 6.07 Å². The Bertz CT molecular complexity index is 704. The molecule has 0 radical (unpaired) electrons. The van der Waals surface area contributed by atoms with Crippen LogP contribution < -0.4 is 16.0 Å². The Morgan fingerprint density at radius 2 is 2.04 bits per heavy atom. The number of carbonyl (C=O) groups is 1. The molecule has 3 rings (SSSR count). The Labute approximate surface area is 135 Å². The number of anilines is 2. The lowest BCUT2D eigenvalue weighted by molar-refractivity contribution is 0.0933. The van der Waals surface area contributed by atoms with Gasteiger partial charge in [-0.1, -0.05) is 12.1 Å². The van der Waals surface area contributed by atoms with Gasteiger partial charge in [-0.25, -0.2) is 4.39 Å². The topological polar surface area (TPSA) is 58.4 Å². The van der Waals surface area contributed by atoms with Gasteiger partial charge in [-0.15, -0.1) is 0 Å². The number of halogens is 1. The van der Waals surface area contributed by atoms with Crippen molar-refractivity contribution in [2.75, 3.05) is 23.7 Å². The molecular formula is C18H20FN3O. The van der Waals surface area contributed by atoms with Gasteiger partial charge in [0.1, 0.15) is 5.82 Å². The van der Waals surface area contributed by atoms with Gasteiger partial charge in [0.2, 0.25) is 0 Å². The molecule has 0 aromatic heterocycles. The van der Waals surface area contributed by atoms with Gasteiger partial charge in [-0.3, -0.25) is 4.79 Å². The first-order valence-corrected chi connectivity index (χ1v) is 7.79. The lowest BCUT2D eigenvalue weighted by atomic mass is 10.0. The van der Waals surface area contributed by atoms with Crippen LogP contribution >= 0.6 is 0 Å². The predicted molar refractivity (Wildman–Crippen MR) is 90.0 cm³/mol. The molecule has 2 aromatic rings. The molecule has 3 N–H and O–H groups in total. The van der Waals surface area contributed by atoms with E-state index < -0.39 is 0 Å². The second-order valence-corrected chi connectivity index (χ2v) is 5.86. The number of piperidine rings is 1. The average molecular weight is 313 g/mol. The van der Waals surface area contributed by atoms with Crippen molar-refractivity contribution < 1.29 is 9.18 Å². The zero-order valence-corrected chi connectivity index (χ0v) is 12.8. The maximum atomic E-state index is 13.4. The normalized spacial score (nSPS) is 17.8. The van der Waals surface area contributed by atoms with E-state index in [-0.39, 0.29) is 17.8 Å². The van der Waals surface area contributed by atoms with Crippen LogP contribution in [0.15, 0.2) is 48.5 Å². The minimum atomic E-state index is -0.242. The number of rotatable bonds is 3. The van der Waals surface area contributed by atoms with Gasteiger partial charge in [-0.2, -0.15) is 0 Å². The van der Waals surface area contributed by atoms with Crippen LogP contribution in [-0.4, -0.2) is 25.0 Å². The molecule has 1 heterocycles. The number of nitrogen functional groups attached to an aromatic ring is 1. The smallest absolute Gasteiger partial charge is 0.251 e. The van der Waals surface area contributed by atoms with E-state index in [1.165, 1.54) is 12.1 Å². The third-order valence-electron chi connectivity index (χ3n) is 4.08. The highest BCUT2D eigenvalue weighted by molar-refractivity contribution is 5.95. The zero-order valence-electron chi connectivity index (χ0n) is 12.8. The third kappa shape index (κ3) is 3.80. The molecule has 1 aliphatic rings. The largest absolute Gasteiger partial charge is 0.399 e. The first-order valence-electron chi connectivity index (χ1n) is 7.79. The second-order valence-electron chi connectivity index (χ2n) is 5.86. The fraction of sp³-hybridized carbons (Fsp3) is 0.278. The van der Waals surface area contributed by atoms with Crippen LogP contribution in [0.25, 0.3) is 0 Å². The minimum Gasteiger partial charge on any atom is -0.399 e. The summed E-state index contributed by atoms with van der Waals surface area (Å²) < 4.78 is 13.4. The summed E-state index contributed by atoms with van der Waals surface area (Å²) in [6, 6.07) is 13.6. The third-order valence-corrected chi connectivity index (χ3v) is 4.08. The van der Waals surface area contributed by atoms with E-state index in [9.17, 15) is 9.18 Å². The molecule has 0 saturated carbocycles. The predicted octanol–water partition coefficient (Wildman–Crippen LogP) is 2.81. The van der Waals surface area contributed by atoms with Gasteiger partial charge >= 0.3 is 0 Å². The van der Waals surface area contributed by atoms with E-state index in [1.54, 1.807) is 30.3 Å². The Morgan fingerprint density at radius 3 is 2.83 bits per heavy atom. The highest BCUT2D eigenvalue weighted by atomic mass is 19.1. The van der Waals surface area contributed by atoms with E-state index in [2.05, 4.69) is 10.2 Å². The van der Waals surface area contributed by atoms with Gasteiger partial charge in [0.25, 0.3) is 5.91 Å². The molecule has 1 aliphatic heterocycles. The number of amides is 1. The number of nitrogens with one attached hydrogen (secondary N) is 1. The molecule has 23 heavy (non-hydrogen) atoms. The molecule has 1 saturated heterocycles. The van der Waals surface area contributed by atoms with Crippen LogP contribution in [0.1, 0.15) is 23.2 Å². The Hall–Kier alpha value is -2.56. The van der Waals surface area contributed by atoms with Crippen LogP contribution in [-0.2, 0) is 0 Å². The van der Waals surface area contributed by atoms with E-state index in [0.717, 1.165) is 25.1 Å². The maximum absolute atomic E-state index is 13.4. The fourth-order valence-electron chi connectivity index (χ4n) is 2.95. The lowest BCUT2D eigenvalue weighted by Gasteiger charge is -2.34. The molecule has 1 unspecified atom stereocenters. The molecular weight excluding hydrogens is 293 g/mol. The van der Waals surface area contributed by atoms with Gasteiger partial charge in [0, 0.05) is 36.1 Å². The van der Waals surface area contributed by atoms with Crippen molar-refractivity contribution in [2.45, 2.75) is 18.9 Å². The number of hydrogen-bond donors (Lipinski definition) is 2. The van der Waals surface area contributed by atoms with Gasteiger partial charge in [0.15, 0.2) is 0 Å². The standard InChI is InChI=1S/C18H20FN3O/c19-14-5-2-8-17(11-14)22-9-3-7-16(12-22)21-18(23)13-4-1-6-15(20)10-13/h1-2,4-6,8,10-11,16H,3,7,9,12,20H2,(H,21,23). The first kappa shape index (κ1) is 15.3. The highest BCUT2D eigenvalue weighted by Gasteiger charge is 2.22. The number of nitrogens with zero attached hydrogens (tertiary/aromatic N) is 1. The summed E-state index contributed by atoms with van der Waals surface area (Å²) in [4.78, 5) is 14.4. The average Bonchev–Trinajstić information content (AvgIpc) is 2.55. The van der Waals surface area contributed by atoms with E-state index in [4.69, 9.17) is 5.73 Å². The molecule has 4 nitrogen and oxygen atoms in total. The summed E-state index contributed by atoms with van der Waals surface area (Å²) in [7, 11) is 0. The van der Waals surface area contributed by atoms with Crippen LogP contribution in [0, 0.1) is 5.82 Å². The molecule has 1 fully saturated rings. The van der Waals surface area contributed by atoms with Crippen molar-refractivity contribution in [3.8, 4) is 0 Å². The first-order chi connectivity index (χ1) is 11.1. The summed E-state index contributed by atoms with van der Waals surface area (Å²) in [5.74, 6) is -0.364. The number of hydrogen-bond acceptors (Lipinski definition) is 3. The minimum absolute atomic E-state index is 0.0425. The summed E-state index contributed by atoms with van der Waals surface area (Å²) in [6.07, 6.45) is 1.87. The maximum Gasteiger partial charge on any atom is 0.251 e. The van der Waals surface area contributed by atoms with Crippen LogP contribution in [0.4, 0.5) is 15.8 Å². The summed E-state index contributed by atoms with van der Waals surface area (Å²) in [6.45, 7) is 1.55. The van der Waals surface area contributed by atoms with Crippen molar-refractivity contribution in [3.63, 3.8) is 0 Å². The zero-order chi connectivity index (χ0) is 16.2. The van der Waals surface area contributed by atoms with Crippen LogP contribution in [0.5, 0.6) is 0 Å². The lowest BCUT2D eigenvalue weighted by Crippen LogP contribution is -2.47. The van der Waals surface area contributed by atoms with Crippen LogP contribution in [0.3, 0.4) is 0 Å². The Kier molecular flexibility index (Phi) is 4.46. The van der Waals surface area contributed by atoms with Crippen molar-refractivity contribution >= 4 is 17.3 Å². The molecule has 0 bridgehead atoms. The summed E-state index contributed by atoms with van der Waals surface area (Å²) in [5, 5.41) is 3.05. The van der Waals surface area contributed by atoms with E-state index in [0.29, 0.717) is 17.8 Å². The Balaban J connectivity index is 1.66. The van der Waals surface area contributed by atoms with Gasteiger partial charge in [0.05, 0.1) is 0 Å². The SMILES string of the molecule is Nc1cccc(C(=O)NC2CCCN(c3cccc(F)c3)C2)c1. The fourth-order valence-corrected chi connectivity index (χ4v) is 2.95. The van der Waals surface area contributed by atoms with Gasteiger partial charge < -0.3 is 16.0 Å². The van der Waals surface area contributed by atoms with Gasteiger partial charge in [-0.05, 0) is 49.2 Å². The monoisotopic (exact) mass is 313 g/mol. The summed E-state index contributed by atoms with van der Waals surface area (Å²) >= 11 is 0. The molecule has 1 amide bonds. The molecule has 1 atom stereocenters. The number of benzene rings is 2. The van der Waals surface area contributed by atoms with Crippen molar-refractivity contribution in [1.82, 2.24) is 5.32 Å². The van der Waals surface area contributed by atoms with Crippen molar-refractivity contribution in [3.05, 3.63) is 59.9 Å². The highest BCUT2D eigenvalue weighted by Crippen LogP contribution is 2.21. The Morgan fingerprint density at radius 1 is 1.22 bits per heavy atom. The number of nitrogens with two attached hydrogens (primary N) is 1. The van der Waals surface area contributed by atoms with Crippen molar-refractivity contribution in [2.24, 2.45) is 0 Å². The second kappa shape index (κ2) is 6.69. The molecule has 120 valence electrons. The van der Waals surface area contributed by atoms with Crippen molar-refractivity contribution in [1.29, 1.82) is 0 Å². The van der Waals surface area contributed by atoms with Crippen LogP contribution in [0.2, 0.25) is 0 Å².